The lowest BCUT2D eigenvalue weighted by Gasteiger charge is -2.18. The predicted octanol–water partition coefficient (Wildman–Crippen LogP) is 4.70. The molecule has 0 radical (unpaired) electrons. The fourth-order valence-electron chi connectivity index (χ4n) is 2.70. The van der Waals surface area contributed by atoms with E-state index in [2.05, 4.69) is 5.32 Å². The highest BCUT2D eigenvalue weighted by Crippen LogP contribution is 2.58. The Hall–Kier alpha value is -2.01. The van der Waals surface area contributed by atoms with Crippen LogP contribution < -0.4 is 5.32 Å². The fourth-order valence-corrected chi connectivity index (χ4v) is 6.12. The van der Waals surface area contributed by atoms with E-state index in [4.69, 9.17) is 0 Å². The summed E-state index contributed by atoms with van der Waals surface area (Å²) in [6, 6.07) is 3.70. The number of aryl methyl sites for hydroxylation is 1. The number of carbonyl (C=O) groups excluding carboxylic acids is 1. The van der Waals surface area contributed by atoms with Gasteiger partial charge in [0.1, 0.15) is 4.21 Å². The zero-order chi connectivity index (χ0) is 20.9. The number of thiophene rings is 1. The van der Waals surface area contributed by atoms with Crippen LogP contribution in [-0.2, 0) is 9.84 Å². The van der Waals surface area contributed by atoms with Gasteiger partial charge in [0.2, 0.25) is 0 Å². The second kappa shape index (κ2) is 6.80. The molecular weight excluding hydrogens is 425 g/mol. The summed E-state index contributed by atoms with van der Waals surface area (Å²) in [7, 11) is -4.25. The van der Waals surface area contributed by atoms with Gasteiger partial charge in [0.05, 0.1) is 16.7 Å². The standard InChI is InChI=1S/C17H14F5NO3S2/c1-9-11(15(24)23-10-2-3-12(18)13(19)6-10)7-14(27-9)28(25,26)8-16(4-5-16)17(20,21)22/h2-3,6-7H,4-5,8H2,1H3,(H,23,24). The van der Waals surface area contributed by atoms with Crippen LogP contribution in [0.25, 0.3) is 0 Å². The number of sulfone groups is 1. The Labute approximate surface area is 161 Å². The van der Waals surface area contributed by atoms with E-state index in [1.165, 1.54) is 6.92 Å². The first-order chi connectivity index (χ1) is 12.8. The van der Waals surface area contributed by atoms with Crippen LogP contribution in [0.4, 0.5) is 27.6 Å². The summed E-state index contributed by atoms with van der Waals surface area (Å²) >= 11 is 0.695. The molecule has 1 fully saturated rings. The monoisotopic (exact) mass is 439 g/mol. The SMILES string of the molecule is Cc1sc(S(=O)(=O)CC2(C(F)(F)F)CC2)cc1C(=O)Nc1ccc(F)c(F)c1. The van der Waals surface area contributed by atoms with Crippen LogP contribution >= 0.6 is 11.3 Å². The molecule has 0 bridgehead atoms. The average Bonchev–Trinajstić information content (AvgIpc) is 3.23. The number of benzene rings is 1. The number of alkyl halides is 3. The minimum Gasteiger partial charge on any atom is -0.322 e. The van der Waals surface area contributed by atoms with Crippen LogP contribution in [-0.4, -0.2) is 26.3 Å². The summed E-state index contributed by atoms with van der Waals surface area (Å²) in [4.78, 5) is 12.6. The summed E-state index contributed by atoms with van der Waals surface area (Å²) in [6.07, 6.45) is -5.10. The maximum absolute atomic E-state index is 13.2. The first kappa shape index (κ1) is 20.7. The molecule has 3 rings (SSSR count). The topological polar surface area (TPSA) is 63.2 Å². The molecular formula is C17H14F5NO3S2. The van der Waals surface area contributed by atoms with Crippen molar-refractivity contribution in [3.63, 3.8) is 0 Å². The minimum absolute atomic E-state index is 0.0482. The van der Waals surface area contributed by atoms with Crippen molar-refractivity contribution in [2.24, 2.45) is 5.41 Å². The molecule has 0 saturated heterocycles. The number of nitrogens with one attached hydrogen (secondary N) is 1. The molecule has 2 aromatic rings. The summed E-state index contributed by atoms with van der Waals surface area (Å²) < 4.78 is 90.0. The van der Waals surface area contributed by atoms with Crippen LogP contribution in [0.3, 0.4) is 0 Å². The fraction of sp³-hybridized carbons (Fsp3) is 0.353. The summed E-state index contributed by atoms with van der Waals surface area (Å²) in [5.74, 6) is -4.12. The molecule has 11 heteroatoms. The first-order valence-electron chi connectivity index (χ1n) is 8.01. The number of amides is 1. The Kier molecular flexibility index (Phi) is 5.03. The van der Waals surface area contributed by atoms with Crippen molar-refractivity contribution < 1.29 is 35.2 Å². The van der Waals surface area contributed by atoms with Gasteiger partial charge >= 0.3 is 6.18 Å². The van der Waals surface area contributed by atoms with E-state index >= 15 is 0 Å². The lowest BCUT2D eigenvalue weighted by molar-refractivity contribution is -0.180. The van der Waals surface area contributed by atoms with Gasteiger partial charge in [-0.1, -0.05) is 0 Å². The second-order valence-corrected chi connectivity index (χ2v) is 10.1. The molecule has 1 aromatic carbocycles. The van der Waals surface area contributed by atoms with E-state index in [9.17, 15) is 35.2 Å². The highest BCUT2D eigenvalue weighted by atomic mass is 32.2. The Morgan fingerprint density at radius 3 is 2.36 bits per heavy atom. The molecule has 28 heavy (non-hydrogen) atoms. The molecule has 4 nitrogen and oxygen atoms in total. The number of halogens is 5. The number of carbonyl (C=O) groups is 1. The van der Waals surface area contributed by atoms with Gasteiger partial charge in [-0.15, -0.1) is 11.3 Å². The Bertz CT molecular complexity index is 1040. The van der Waals surface area contributed by atoms with Crippen molar-refractivity contribution >= 4 is 32.8 Å². The molecule has 1 saturated carbocycles. The highest BCUT2D eigenvalue weighted by Gasteiger charge is 2.65. The predicted molar refractivity (Wildman–Crippen MR) is 93.1 cm³/mol. The van der Waals surface area contributed by atoms with Crippen LogP contribution in [0.15, 0.2) is 28.5 Å². The lowest BCUT2D eigenvalue weighted by Crippen LogP contribution is -2.31. The molecule has 1 aromatic heterocycles. The van der Waals surface area contributed by atoms with Gasteiger partial charge < -0.3 is 5.32 Å². The average molecular weight is 439 g/mol. The minimum atomic E-state index is -4.61. The van der Waals surface area contributed by atoms with Crippen LogP contribution in [0.5, 0.6) is 0 Å². The highest BCUT2D eigenvalue weighted by molar-refractivity contribution is 7.93. The van der Waals surface area contributed by atoms with E-state index in [0.717, 1.165) is 24.3 Å². The number of hydrogen-bond donors (Lipinski definition) is 1. The van der Waals surface area contributed by atoms with Crippen LogP contribution in [0.1, 0.15) is 28.1 Å². The Morgan fingerprint density at radius 2 is 1.82 bits per heavy atom. The molecule has 0 spiro atoms. The van der Waals surface area contributed by atoms with Crippen LogP contribution in [0, 0.1) is 24.0 Å². The largest absolute Gasteiger partial charge is 0.395 e. The van der Waals surface area contributed by atoms with Gasteiger partial charge in [0.25, 0.3) is 5.91 Å². The van der Waals surface area contributed by atoms with E-state index in [1.54, 1.807) is 0 Å². The second-order valence-electron chi connectivity index (χ2n) is 6.66. The van der Waals surface area contributed by atoms with E-state index in [1.807, 2.05) is 0 Å². The maximum atomic E-state index is 13.2. The zero-order valence-corrected chi connectivity index (χ0v) is 16.0. The Balaban J connectivity index is 1.82. The summed E-state index contributed by atoms with van der Waals surface area (Å²) in [6.45, 7) is 1.44. The third-order valence-electron chi connectivity index (χ3n) is 4.54. The van der Waals surface area contributed by atoms with Crippen molar-refractivity contribution in [2.45, 2.75) is 30.2 Å². The first-order valence-corrected chi connectivity index (χ1v) is 10.5. The summed E-state index contributed by atoms with van der Waals surface area (Å²) in [5.41, 5.74) is -2.34. The molecule has 1 amide bonds. The maximum Gasteiger partial charge on any atom is 0.395 e. The number of anilines is 1. The van der Waals surface area contributed by atoms with Gasteiger partial charge in [-0.05, 0) is 38.0 Å². The number of hydrogen-bond acceptors (Lipinski definition) is 4. The van der Waals surface area contributed by atoms with Gasteiger partial charge in [0.15, 0.2) is 21.5 Å². The van der Waals surface area contributed by atoms with E-state index in [0.29, 0.717) is 11.3 Å². The number of rotatable bonds is 5. The van der Waals surface area contributed by atoms with Gasteiger partial charge in [-0.25, -0.2) is 17.2 Å². The van der Waals surface area contributed by atoms with E-state index in [-0.39, 0.29) is 33.2 Å². The Morgan fingerprint density at radius 1 is 1.18 bits per heavy atom. The smallest absolute Gasteiger partial charge is 0.322 e. The molecule has 1 N–H and O–H groups in total. The van der Waals surface area contributed by atoms with Crippen molar-refractivity contribution in [2.75, 3.05) is 11.1 Å². The van der Waals surface area contributed by atoms with Gasteiger partial charge in [-0.2, -0.15) is 13.2 Å². The third kappa shape index (κ3) is 3.90. The summed E-state index contributed by atoms with van der Waals surface area (Å²) in [5, 5.41) is 2.30. The van der Waals surface area contributed by atoms with Crippen LogP contribution in [0.2, 0.25) is 0 Å². The van der Waals surface area contributed by atoms with Crippen molar-refractivity contribution in [1.82, 2.24) is 0 Å². The molecule has 0 atom stereocenters. The van der Waals surface area contributed by atoms with Gasteiger partial charge in [0, 0.05) is 16.6 Å². The quantitative estimate of drug-likeness (QED) is 0.687. The molecule has 1 aliphatic carbocycles. The van der Waals surface area contributed by atoms with Gasteiger partial charge in [-0.3, -0.25) is 4.79 Å². The molecule has 0 aliphatic heterocycles. The molecule has 1 aliphatic rings. The normalized spacial score (nSPS) is 16.1. The van der Waals surface area contributed by atoms with Crippen molar-refractivity contribution in [3.05, 3.63) is 46.3 Å². The zero-order valence-electron chi connectivity index (χ0n) is 14.4. The lowest BCUT2D eigenvalue weighted by atomic mass is 10.1. The molecule has 1 heterocycles. The van der Waals surface area contributed by atoms with Crippen molar-refractivity contribution in [3.8, 4) is 0 Å². The van der Waals surface area contributed by atoms with Crippen molar-refractivity contribution in [1.29, 1.82) is 0 Å². The van der Waals surface area contributed by atoms with E-state index < -0.39 is 44.7 Å². The third-order valence-corrected chi connectivity index (χ3v) is 8.07. The molecule has 0 unspecified atom stereocenters. The molecule has 152 valence electrons.